The quantitative estimate of drug-likeness (QED) is 0.546. The fourth-order valence-corrected chi connectivity index (χ4v) is 3.23. The molecule has 0 fully saturated rings. The van der Waals surface area contributed by atoms with E-state index in [4.69, 9.17) is 0 Å². The third-order valence-corrected chi connectivity index (χ3v) is 4.92. The van der Waals surface area contributed by atoms with Gasteiger partial charge in [0.05, 0.1) is 0 Å². The molecule has 0 spiro atoms. The molecule has 0 aliphatic heterocycles. The molecule has 0 aliphatic rings. The van der Waals surface area contributed by atoms with Gasteiger partial charge >= 0.3 is 0 Å². The summed E-state index contributed by atoms with van der Waals surface area (Å²) in [5.41, 5.74) is 2.58. The Kier molecular flexibility index (Phi) is 2.77. The monoisotopic (exact) mass is 302 g/mol. The molecule has 0 bridgehead atoms. The lowest BCUT2D eigenvalue weighted by atomic mass is 10.1. The minimum atomic E-state index is 1.17. The Morgan fingerprint density at radius 1 is 1.00 bits per heavy atom. The highest BCUT2D eigenvalue weighted by Gasteiger charge is 2.04. The predicted molar refractivity (Wildman–Crippen MR) is 79.7 cm³/mol. The highest BCUT2D eigenvalue weighted by molar-refractivity contribution is 9.10. The van der Waals surface area contributed by atoms with E-state index < -0.39 is 0 Å². The Bertz CT molecular complexity index is 649. The first kappa shape index (κ1) is 11.0. The van der Waals surface area contributed by atoms with Gasteiger partial charge in [0, 0.05) is 14.0 Å². The molecule has 1 aromatic heterocycles. The van der Waals surface area contributed by atoms with Crippen LogP contribution in [-0.4, -0.2) is 0 Å². The number of aryl methyl sites for hydroxylation is 1. The average molecular weight is 303 g/mol. The van der Waals surface area contributed by atoms with E-state index in [9.17, 15) is 0 Å². The van der Waals surface area contributed by atoms with Gasteiger partial charge in [0.25, 0.3) is 0 Å². The second-order valence-electron chi connectivity index (χ2n) is 4.11. The third-order valence-electron chi connectivity index (χ3n) is 2.87. The van der Waals surface area contributed by atoms with Crippen molar-refractivity contribution in [2.45, 2.75) is 6.92 Å². The van der Waals surface area contributed by atoms with Crippen LogP contribution in [0.5, 0.6) is 0 Å². The molecule has 17 heavy (non-hydrogen) atoms. The Hall–Kier alpha value is -1.12. The molecule has 0 radical (unpaired) electrons. The van der Waals surface area contributed by atoms with Crippen LogP contribution in [-0.2, 0) is 0 Å². The van der Waals surface area contributed by atoms with E-state index >= 15 is 0 Å². The SMILES string of the molecule is Cc1cc(-c2cc3ccccc3s2)ccc1Br. The summed E-state index contributed by atoms with van der Waals surface area (Å²) in [6, 6.07) is 17.3. The Balaban J connectivity index is 2.17. The Morgan fingerprint density at radius 2 is 1.82 bits per heavy atom. The second kappa shape index (κ2) is 4.28. The maximum Gasteiger partial charge on any atom is 0.0355 e. The van der Waals surface area contributed by atoms with E-state index in [2.05, 4.69) is 71.4 Å². The molecule has 84 valence electrons. The molecule has 0 amide bonds. The van der Waals surface area contributed by atoms with Crippen LogP contribution >= 0.6 is 27.3 Å². The summed E-state index contributed by atoms with van der Waals surface area (Å²) >= 11 is 5.39. The van der Waals surface area contributed by atoms with Gasteiger partial charge in [-0.05, 0) is 47.7 Å². The zero-order chi connectivity index (χ0) is 11.8. The summed E-state index contributed by atoms with van der Waals surface area (Å²) in [5, 5.41) is 1.33. The van der Waals surface area contributed by atoms with Crippen molar-refractivity contribution < 1.29 is 0 Å². The highest BCUT2D eigenvalue weighted by Crippen LogP contribution is 2.34. The van der Waals surface area contributed by atoms with Crippen LogP contribution in [0.15, 0.2) is 53.0 Å². The van der Waals surface area contributed by atoms with Crippen molar-refractivity contribution >= 4 is 37.4 Å². The number of hydrogen-bond acceptors (Lipinski definition) is 1. The van der Waals surface area contributed by atoms with Crippen molar-refractivity contribution in [2.24, 2.45) is 0 Å². The molecule has 1 heterocycles. The van der Waals surface area contributed by atoms with E-state index in [1.54, 1.807) is 0 Å². The number of benzene rings is 2. The standard InChI is InChI=1S/C15H11BrS/c1-10-8-12(6-7-13(10)16)15-9-11-4-2-3-5-14(11)17-15/h2-9H,1H3. The van der Waals surface area contributed by atoms with Gasteiger partial charge in [0.15, 0.2) is 0 Å². The van der Waals surface area contributed by atoms with Crippen molar-refractivity contribution in [3.63, 3.8) is 0 Å². The van der Waals surface area contributed by atoms with Gasteiger partial charge in [-0.3, -0.25) is 0 Å². The lowest BCUT2D eigenvalue weighted by Gasteiger charge is -2.01. The zero-order valence-corrected chi connectivity index (χ0v) is 11.8. The van der Waals surface area contributed by atoms with Gasteiger partial charge in [-0.1, -0.05) is 40.2 Å². The predicted octanol–water partition coefficient (Wildman–Crippen LogP) is 5.64. The van der Waals surface area contributed by atoms with Crippen LogP contribution in [0, 0.1) is 6.92 Å². The molecule has 0 unspecified atom stereocenters. The summed E-state index contributed by atoms with van der Waals surface area (Å²) in [7, 11) is 0. The molecule has 0 nitrogen and oxygen atoms in total. The summed E-state index contributed by atoms with van der Waals surface area (Å²) in [6.07, 6.45) is 0. The average Bonchev–Trinajstić information content (AvgIpc) is 2.76. The van der Waals surface area contributed by atoms with E-state index in [-0.39, 0.29) is 0 Å². The van der Waals surface area contributed by atoms with Gasteiger partial charge < -0.3 is 0 Å². The Labute approximate surface area is 113 Å². The van der Waals surface area contributed by atoms with E-state index in [0.717, 1.165) is 0 Å². The first-order valence-corrected chi connectivity index (χ1v) is 7.10. The summed E-state index contributed by atoms with van der Waals surface area (Å²) < 4.78 is 2.52. The molecule has 3 rings (SSSR count). The molecule has 0 saturated heterocycles. The molecule has 0 saturated carbocycles. The molecular weight excluding hydrogens is 292 g/mol. The van der Waals surface area contributed by atoms with E-state index in [1.165, 1.54) is 30.6 Å². The maximum atomic E-state index is 3.54. The molecular formula is C15H11BrS. The van der Waals surface area contributed by atoms with Gasteiger partial charge in [0.1, 0.15) is 0 Å². The molecule has 0 N–H and O–H groups in total. The number of hydrogen-bond donors (Lipinski definition) is 0. The van der Waals surface area contributed by atoms with Crippen LogP contribution in [0.2, 0.25) is 0 Å². The van der Waals surface area contributed by atoms with Crippen molar-refractivity contribution in [2.75, 3.05) is 0 Å². The molecule has 3 aromatic rings. The van der Waals surface area contributed by atoms with Gasteiger partial charge in [-0.2, -0.15) is 0 Å². The number of halogens is 1. The fraction of sp³-hybridized carbons (Fsp3) is 0.0667. The van der Waals surface area contributed by atoms with Gasteiger partial charge in [-0.25, -0.2) is 0 Å². The summed E-state index contributed by atoms with van der Waals surface area (Å²) in [6.45, 7) is 2.13. The normalized spacial score (nSPS) is 10.9. The van der Waals surface area contributed by atoms with Crippen LogP contribution in [0.25, 0.3) is 20.5 Å². The van der Waals surface area contributed by atoms with Crippen molar-refractivity contribution in [1.29, 1.82) is 0 Å². The van der Waals surface area contributed by atoms with Gasteiger partial charge in [0.2, 0.25) is 0 Å². The molecule has 2 heteroatoms. The minimum Gasteiger partial charge on any atom is -0.135 e. The maximum absolute atomic E-state index is 3.54. The first-order valence-electron chi connectivity index (χ1n) is 5.49. The molecule has 0 aliphatic carbocycles. The minimum absolute atomic E-state index is 1.17. The van der Waals surface area contributed by atoms with Crippen molar-refractivity contribution in [1.82, 2.24) is 0 Å². The van der Waals surface area contributed by atoms with Crippen LogP contribution in [0.3, 0.4) is 0 Å². The summed E-state index contributed by atoms with van der Waals surface area (Å²) in [5.74, 6) is 0. The first-order chi connectivity index (χ1) is 8.24. The van der Waals surface area contributed by atoms with Crippen LogP contribution in [0.1, 0.15) is 5.56 Å². The highest BCUT2D eigenvalue weighted by atomic mass is 79.9. The fourth-order valence-electron chi connectivity index (χ4n) is 1.92. The van der Waals surface area contributed by atoms with E-state index in [1.807, 2.05) is 11.3 Å². The van der Waals surface area contributed by atoms with Crippen molar-refractivity contribution in [3.8, 4) is 10.4 Å². The second-order valence-corrected chi connectivity index (χ2v) is 6.05. The van der Waals surface area contributed by atoms with Crippen molar-refractivity contribution in [3.05, 3.63) is 58.6 Å². The topological polar surface area (TPSA) is 0 Å². The number of rotatable bonds is 1. The molecule has 0 atom stereocenters. The molecule has 2 aromatic carbocycles. The smallest absolute Gasteiger partial charge is 0.0355 e. The third kappa shape index (κ3) is 2.03. The van der Waals surface area contributed by atoms with Crippen LogP contribution < -0.4 is 0 Å². The zero-order valence-electron chi connectivity index (χ0n) is 9.41. The van der Waals surface area contributed by atoms with Gasteiger partial charge in [-0.15, -0.1) is 11.3 Å². The lowest BCUT2D eigenvalue weighted by Crippen LogP contribution is -1.77. The van der Waals surface area contributed by atoms with Crippen LogP contribution in [0.4, 0.5) is 0 Å². The van der Waals surface area contributed by atoms with E-state index in [0.29, 0.717) is 0 Å². The Morgan fingerprint density at radius 3 is 2.59 bits per heavy atom. The largest absolute Gasteiger partial charge is 0.135 e. The summed E-state index contributed by atoms with van der Waals surface area (Å²) in [4.78, 5) is 1.34. The number of fused-ring (bicyclic) bond motifs is 1. The lowest BCUT2D eigenvalue weighted by molar-refractivity contribution is 1.44. The number of thiophene rings is 1.